The summed E-state index contributed by atoms with van der Waals surface area (Å²) in [5.41, 5.74) is 1.60. The molecule has 0 aromatic rings. The van der Waals surface area contributed by atoms with Crippen LogP contribution < -0.4 is 0 Å². The molecule has 8 fully saturated rings. The second-order valence-corrected chi connectivity index (χ2v) is 11.5. The van der Waals surface area contributed by atoms with Crippen molar-refractivity contribution in [1.82, 2.24) is 0 Å². The Hall–Kier alpha value is 0. The Balaban J connectivity index is 0.000000102. The van der Waals surface area contributed by atoms with Crippen LogP contribution in [0.15, 0.2) is 0 Å². The molecular formula is C22H36. The molecule has 8 rings (SSSR count). The molecule has 0 spiro atoms. The molecular weight excluding hydrogens is 264 g/mol. The normalized spacial score (nSPS) is 60.3. The minimum absolute atomic E-state index is 0.800. The second-order valence-electron chi connectivity index (χ2n) is 11.5. The van der Waals surface area contributed by atoms with Crippen molar-refractivity contribution in [2.24, 2.45) is 46.3 Å². The summed E-state index contributed by atoms with van der Waals surface area (Å²) in [5, 5.41) is 0. The van der Waals surface area contributed by atoms with Gasteiger partial charge in [0.05, 0.1) is 0 Å². The van der Waals surface area contributed by atoms with Crippen LogP contribution in [0.4, 0.5) is 0 Å². The van der Waals surface area contributed by atoms with Gasteiger partial charge in [-0.25, -0.2) is 0 Å². The van der Waals surface area contributed by atoms with Crippen LogP contribution in [-0.2, 0) is 0 Å². The molecule has 0 aliphatic heterocycles. The third kappa shape index (κ3) is 2.48. The van der Waals surface area contributed by atoms with Gasteiger partial charge >= 0.3 is 0 Å². The van der Waals surface area contributed by atoms with Crippen molar-refractivity contribution in [3.05, 3.63) is 0 Å². The average molecular weight is 301 g/mol. The molecule has 0 aromatic heterocycles. The lowest BCUT2D eigenvalue weighted by Gasteiger charge is -2.55. The highest BCUT2D eigenvalue weighted by atomic mass is 14.5. The highest BCUT2D eigenvalue weighted by molar-refractivity contribution is 5.00. The van der Waals surface area contributed by atoms with Gasteiger partial charge in [0.15, 0.2) is 0 Å². The van der Waals surface area contributed by atoms with Crippen molar-refractivity contribution in [1.29, 1.82) is 0 Å². The standard InChI is InChI=1S/2C11H18/c2*1-11-5-8-2-9(6-11)4-10(3-8)7-11/h2*8-10H,2-7H2,1H3. The summed E-state index contributed by atoms with van der Waals surface area (Å²) < 4.78 is 0. The third-order valence-electron chi connectivity index (χ3n) is 8.69. The predicted octanol–water partition coefficient (Wildman–Crippen LogP) is 6.45. The SMILES string of the molecule is CC12CC3CC(CC(C3)C1)C2.CC12CC3CC(CC(C3)C1)C2. The zero-order chi connectivity index (χ0) is 14.9. The first-order valence-electron chi connectivity index (χ1n) is 10.5. The fourth-order valence-electron chi connectivity index (χ4n) is 9.09. The lowest BCUT2D eigenvalue weighted by molar-refractivity contribution is -0.0413. The third-order valence-corrected chi connectivity index (χ3v) is 8.69. The maximum absolute atomic E-state index is 2.54. The summed E-state index contributed by atoms with van der Waals surface area (Å²) in [6.07, 6.45) is 19.0. The highest BCUT2D eigenvalue weighted by Gasteiger charge is 2.49. The summed E-state index contributed by atoms with van der Waals surface area (Å²) >= 11 is 0. The Kier molecular flexibility index (Phi) is 3.11. The lowest BCUT2D eigenvalue weighted by atomic mass is 9.50. The molecule has 124 valence electrons. The predicted molar refractivity (Wildman–Crippen MR) is 92.6 cm³/mol. The average Bonchev–Trinajstić information content (AvgIpc) is 2.32. The van der Waals surface area contributed by atoms with Gasteiger partial charge in [0, 0.05) is 0 Å². The second kappa shape index (κ2) is 4.76. The molecule has 0 N–H and O–H groups in total. The van der Waals surface area contributed by atoms with Crippen LogP contribution in [-0.4, -0.2) is 0 Å². The molecule has 0 amide bonds. The van der Waals surface area contributed by atoms with Crippen LogP contribution in [0.25, 0.3) is 0 Å². The van der Waals surface area contributed by atoms with Gasteiger partial charge in [-0.1, -0.05) is 13.8 Å². The van der Waals surface area contributed by atoms with E-state index < -0.39 is 0 Å². The Bertz CT molecular complexity index is 332. The molecule has 0 atom stereocenters. The first kappa shape index (κ1) is 14.4. The zero-order valence-electron chi connectivity index (χ0n) is 14.9. The van der Waals surface area contributed by atoms with Gasteiger partial charge in [0.1, 0.15) is 0 Å². The van der Waals surface area contributed by atoms with Gasteiger partial charge in [-0.15, -0.1) is 0 Å². The maximum atomic E-state index is 2.54. The molecule has 8 saturated carbocycles. The fraction of sp³-hybridized carbons (Fsp3) is 1.00. The molecule has 0 radical (unpaired) electrons. The monoisotopic (exact) mass is 300 g/mol. The summed E-state index contributed by atoms with van der Waals surface area (Å²) in [5.74, 6) is 6.87. The van der Waals surface area contributed by atoms with Gasteiger partial charge < -0.3 is 0 Å². The number of hydrogen-bond acceptors (Lipinski definition) is 0. The quantitative estimate of drug-likeness (QED) is 0.482. The molecule has 8 aliphatic carbocycles. The van der Waals surface area contributed by atoms with Crippen LogP contribution in [0.1, 0.15) is 90.9 Å². The van der Waals surface area contributed by atoms with Crippen molar-refractivity contribution in [3.8, 4) is 0 Å². The minimum atomic E-state index is 0.800. The van der Waals surface area contributed by atoms with Gasteiger partial charge in [-0.2, -0.15) is 0 Å². The summed E-state index contributed by atoms with van der Waals surface area (Å²) in [7, 11) is 0. The van der Waals surface area contributed by atoms with E-state index in [1.807, 2.05) is 0 Å². The lowest BCUT2D eigenvalue weighted by Crippen LogP contribution is -2.44. The van der Waals surface area contributed by atoms with E-state index in [-0.39, 0.29) is 0 Å². The molecule has 8 bridgehead atoms. The fourth-order valence-corrected chi connectivity index (χ4v) is 9.09. The van der Waals surface area contributed by atoms with Crippen LogP contribution in [0.5, 0.6) is 0 Å². The van der Waals surface area contributed by atoms with Crippen LogP contribution in [0.3, 0.4) is 0 Å². The number of rotatable bonds is 0. The van der Waals surface area contributed by atoms with Crippen LogP contribution >= 0.6 is 0 Å². The first-order chi connectivity index (χ1) is 10.5. The topological polar surface area (TPSA) is 0 Å². The van der Waals surface area contributed by atoms with Crippen molar-refractivity contribution >= 4 is 0 Å². The van der Waals surface area contributed by atoms with E-state index in [4.69, 9.17) is 0 Å². The molecule has 22 heavy (non-hydrogen) atoms. The highest BCUT2D eigenvalue weighted by Crippen LogP contribution is 2.60. The Morgan fingerprint density at radius 2 is 0.591 bits per heavy atom. The van der Waals surface area contributed by atoms with Crippen molar-refractivity contribution in [3.63, 3.8) is 0 Å². The largest absolute Gasteiger partial charge is 0.0596 e. The van der Waals surface area contributed by atoms with E-state index in [9.17, 15) is 0 Å². The minimum Gasteiger partial charge on any atom is -0.0596 e. The van der Waals surface area contributed by atoms with Gasteiger partial charge in [0.2, 0.25) is 0 Å². The van der Waals surface area contributed by atoms with Crippen molar-refractivity contribution < 1.29 is 0 Å². The number of hydrogen-bond donors (Lipinski definition) is 0. The summed E-state index contributed by atoms with van der Waals surface area (Å²) in [6.45, 7) is 5.08. The van der Waals surface area contributed by atoms with Crippen molar-refractivity contribution in [2.75, 3.05) is 0 Å². The van der Waals surface area contributed by atoms with E-state index in [2.05, 4.69) is 13.8 Å². The van der Waals surface area contributed by atoms with Crippen LogP contribution in [0.2, 0.25) is 0 Å². The summed E-state index contributed by atoms with van der Waals surface area (Å²) in [4.78, 5) is 0. The van der Waals surface area contributed by atoms with Gasteiger partial charge in [0.25, 0.3) is 0 Å². The molecule has 0 heteroatoms. The Morgan fingerprint density at radius 1 is 0.409 bits per heavy atom. The van der Waals surface area contributed by atoms with Gasteiger partial charge in [-0.3, -0.25) is 0 Å². The van der Waals surface area contributed by atoms with E-state index in [0.717, 1.165) is 46.3 Å². The van der Waals surface area contributed by atoms with E-state index in [1.165, 1.54) is 0 Å². The summed E-state index contributed by atoms with van der Waals surface area (Å²) in [6, 6.07) is 0. The molecule has 0 unspecified atom stereocenters. The first-order valence-corrected chi connectivity index (χ1v) is 10.5. The molecule has 0 nitrogen and oxygen atoms in total. The smallest absolute Gasteiger partial charge is 0.0318 e. The van der Waals surface area contributed by atoms with Crippen molar-refractivity contribution in [2.45, 2.75) is 90.9 Å². The van der Waals surface area contributed by atoms with Crippen LogP contribution in [0, 0.1) is 46.3 Å². The molecule has 0 heterocycles. The molecule has 0 saturated heterocycles. The Morgan fingerprint density at radius 3 is 0.727 bits per heavy atom. The molecule has 0 aromatic carbocycles. The molecule has 8 aliphatic rings. The zero-order valence-corrected chi connectivity index (χ0v) is 14.9. The Labute approximate surface area is 137 Å². The van der Waals surface area contributed by atoms with Gasteiger partial charge in [-0.05, 0) is 123 Å². The van der Waals surface area contributed by atoms with E-state index in [1.54, 1.807) is 77.0 Å². The van der Waals surface area contributed by atoms with E-state index in [0.29, 0.717) is 0 Å². The van der Waals surface area contributed by atoms with E-state index >= 15 is 0 Å². The maximum Gasteiger partial charge on any atom is -0.0318 e.